The van der Waals surface area contributed by atoms with Crippen molar-refractivity contribution in [2.45, 2.75) is 51.1 Å². The molecule has 0 unspecified atom stereocenters. The molecular weight excluding hydrogens is 279 g/mol. The summed E-state index contributed by atoms with van der Waals surface area (Å²) in [7, 11) is 0. The number of halogens is 1. The number of nitrogens with zero attached hydrogens (tertiary/aromatic N) is 3. The van der Waals surface area contributed by atoms with Crippen LogP contribution in [0.5, 0.6) is 0 Å². The summed E-state index contributed by atoms with van der Waals surface area (Å²) in [6, 6.07) is 3.62. The molecule has 4 rings (SSSR count). The summed E-state index contributed by atoms with van der Waals surface area (Å²) in [5.74, 6) is 0.928. The Morgan fingerprint density at radius 1 is 1.32 bits per heavy atom. The standard InChI is InChI=1S/C17H21FN4/c1-10-15(18)4-5-16(20-10)14-9-22(8-11-6-13(19)7-11)21-17(14)12-2-3-12/h4-5,9,11-13H,2-3,6-8,19H2,1H3/t11-,13-. The van der Waals surface area contributed by atoms with Gasteiger partial charge in [-0.2, -0.15) is 5.10 Å². The van der Waals surface area contributed by atoms with Crippen LogP contribution in [0.2, 0.25) is 0 Å². The van der Waals surface area contributed by atoms with E-state index >= 15 is 0 Å². The minimum absolute atomic E-state index is 0.257. The van der Waals surface area contributed by atoms with Crippen LogP contribution in [0, 0.1) is 18.7 Å². The predicted molar refractivity (Wildman–Crippen MR) is 82.8 cm³/mol. The fourth-order valence-corrected chi connectivity index (χ4v) is 3.28. The van der Waals surface area contributed by atoms with Crippen molar-refractivity contribution >= 4 is 0 Å². The van der Waals surface area contributed by atoms with E-state index < -0.39 is 0 Å². The second kappa shape index (κ2) is 5.16. The molecule has 2 aromatic heterocycles. The number of aryl methyl sites for hydroxylation is 1. The number of rotatable bonds is 4. The Kier molecular flexibility index (Phi) is 3.26. The van der Waals surface area contributed by atoms with Crippen molar-refractivity contribution in [1.82, 2.24) is 14.8 Å². The maximum atomic E-state index is 13.5. The molecule has 0 atom stereocenters. The molecular formula is C17H21FN4. The Morgan fingerprint density at radius 3 is 2.73 bits per heavy atom. The first-order valence-corrected chi connectivity index (χ1v) is 8.06. The fourth-order valence-electron chi connectivity index (χ4n) is 3.28. The zero-order valence-corrected chi connectivity index (χ0v) is 12.8. The summed E-state index contributed by atoms with van der Waals surface area (Å²) in [5, 5.41) is 4.79. The molecule has 0 aromatic carbocycles. The van der Waals surface area contributed by atoms with Crippen LogP contribution in [0.3, 0.4) is 0 Å². The summed E-state index contributed by atoms with van der Waals surface area (Å²) in [6.45, 7) is 2.63. The van der Waals surface area contributed by atoms with E-state index in [4.69, 9.17) is 10.8 Å². The largest absolute Gasteiger partial charge is 0.328 e. The molecule has 0 bridgehead atoms. The van der Waals surface area contributed by atoms with Gasteiger partial charge >= 0.3 is 0 Å². The van der Waals surface area contributed by atoms with Crippen molar-refractivity contribution in [3.63, 3.8) is 0 Å². The minimum atomic E-state index is -0.257. The summed E-state index contributed by atoms with van der Waals surface area (Å²) in [6.07, 6.45) is 6.64. The van der Waals surface area contributed by atoms with E-state index in [1.54, 1.807) is 13.0 Å². The highest BCUT2D eigenvalue weighted by Crippen LogP contribution is 2.43. The number of aromatic nitrogens is 3. The third-order valence-electron chi connectivity index (χ3n) is 4.77. The van der Waals surface area contributed by atoms with E-state index in [1.807, 2.05) is 4.68 Å². The summed E-state index contributed by atoms with van der Waals surface area (Å²) >= 11 is 0. The van der Waals surface area contributed by atoms with E-state index in [0.29, 0.717) is 23.6 Å². The Balaban J connectivity index is 1.65. The van der Waals surface area contributed by atoms with Crippen molar-refractivity contribution < 1.29 is 4.39 Å². The molecule has 2 aliphatic rings. The third-order valence-corrected chi connectivity index (χ3v) is 4.77. The van der Waals surface area contributed by atoms with Crippen molar-refractivity contribution in [2.75, 3.05) is 0 Å². The van der Waals surface area contributed by atoms with Gasteiger partial charge in [-0.1, -0.05) is 0 Å². The molecule has 116 valence electrons. The van der Waals surface area contributed by atoms with Gasteiger partial charge in [0, 0.05) is 30.3 Å². The van der Waals surface area contributed by atoms with Gasteiger partial charge in [-0.05, 0) is 50.7 Å². The van der Waals surface area contributed by atoms with Gasteiger partial charge in [0.25, 0.3) is 0 Å². The number of hydrogen-bond acceptors (Lipinski definition) is 3. The maximum absolute atomic E-state index is 13.5. The van der Waals surface area contributed by atoms with Crippen molar-refractivity contribution in [2.24, 2.45) is 11.7 Å². The lowest BCUT2D eigenvalue weighted by Crippen LogP contribution is -2.38. The van der Waals surface area contributed by atoms with E-state index in [1.165, 1.54) is 18.9 Å². The molecule has 2 aromatic rings. The molecule has 2 heterocycles. The van der Waals surface area contributed by atoms with Crippen LogP contribution >= 0.6 is 0 Å². The lowest BCUT2D eigenvalue weighted by molar-refractivity contribution is 0.227. The van der Waals surface area contributed by atoms with Gasteiger partial charge in [0.05, 0.1) is 17.1 Å². The first-order valence-electron chi connectivity index (χ1n) is 8.06. The summed E-state index contributed by atoms with van der Waals surface area (Å²) in [5.41, 5.74) is 9.33. The average molecular weight is 300 g/mol. The molecule has 5 heteroatoms. The maximum Gasteiger partial charge on any atom is 0.144 e. The van der Waals surface area contributed by atoms with Crippen molar-refractivity contribution in [3.8, 4) is 11.3 Å². The smallest absolute Gasteiger partial charge is 0.144 e. The molecule has 2 saturated carbocycles. The van der Waals surface area contributed by atoms with Crippen molar-refractivity contribution in [1.29, 1.82) is 0 Å². The van der Waals surface area contributed by atoms with Crippen molar-refractivity contribution in [3.05, 3.63) is 35.5 Å². The van der Waals surface area contributed by atoms with Crippen LogP contribution in [0.4, 0.5) is 4.39 Å². The number of hydrogen-bond donors (Lipinski definition) is 1. The topological polar surface area (TPSA) is 56.7 Å². The number of pyridine rings is 1. The lowest BCUT2D eigenvalue weighted by Gasteiger charge is -2.32. The molecule has 0 spiro atoms. The zero-order valence-electron chi connectivity index (χ0n) is 12.8. The van der Waals surface area contributed by atoms with E-state index in [9.17, 15) is 4.39 Å². The second-order valence-corrected chi connectivity index (χ2v) is 6.79. The van der Waals surface area contributed by atoms with Gasteiger partial charge in [-0.3, -0.25) is 4.68 Å². The van der Waals surface area contributed by atoms with E-state index in [-0.39, 0.29) is 5.82 Å². The highest BCUT2D eigenvalue weighted by atomic mass is 19.1. The molecule has 2 fully saturated rings. The van der Waals surface area contributed by atoms with E-state index in [0.717, 1.165) is 36.3 Å². The zero-order chi connectivity index (χ0) is 15.3. The van der Waals surface area contributed by atoms with Gasteiger partial charge in [0.15, 0.2) is 0 Å². The predicted octanol–water partition coefficient (Wildman–Crippen LogP) is 3.01. The Hall–Kier alpha value is -1.75. The van der Waals surface area contributed by atoms with Gasteiger partial charge in [0.2, 0.25) is 0 Å². The molecule has 2 N–H and O–H groups in total. The lowest BCUT2D eigenvalue weighted by atomic mass is 9.81. The van der Waals surface area contributed by atoms with Gasteiger partial charge in [-0.25, -0.2) is 9.37 Å². The number of nitrogens with two attached hydrogens (primary N) is 1. The molecule has 2 aliphatic carbocycles. The molecule has 0 amide bonds. The van der Waals surface area contributed by atoms with Gasteiger partial charge in [-0.15, -0.1) is 0 Å². The minimum Gasteiger partial charge on any atom is -0.328 e. The first-order chi connectivity index (χ1) is 10.6. The van der Waals surface area contributed by atoms with Crippen LogP contribution in [-0.2, 0) is 6.54 Å². The molecule has 22 heavy (non-hydrogen) atoms. The Bertz CT molecular complexity index is 699. The summed E-state index contributed by atoms with van der Waals surface area (Å²) < 4.78 is 15.5. The van der Waals surface area contributed by atoms with Crippen LogP contribution < -0.4 is 5.73 Å². The monoisotopic (exact) mass is 300 g/mol. The van der Waals surface area contributed by atoms with Gasteiger partial charge in [0.1, 0.15) is 5.82 Å². The molecule has 0 aliphatic heterocycles. The molecule has 0 saturated heterocycles. The third kappa shape index (κ3) is 2.54. The fraction of sp³-hybridized carbons (Fsp3) is 0.529. The highest BCUT2D eigenvalue weighted by molar-refractivity contribution is 5.62. The Morgan fingerprint density at radius 2 is 2.09 bits per heavy atom. The van der Waals surface area contributed by atoms with Crippen LogP contribution in [-0.4, -0.2) is 20.8 Å². The SMILES string of the molecule is Cc1nc(-c2cn(C[C@H]3C[C@H](N)C3)nc2C2CC2)ccc1F. The first kappa shape index (κ1) is 13.9. The van der Waals surface area contributed by atoms with Crippen LogP contribution in [0.1, 0.15) is 43.0 Å². The second-order valence-electron chi connectivity index (χ2n) is 6.79. The quantitative estimate of drug-likeness (QED) is 0.944. The normalized spacial score (nSPS) is 24.3. The van der Waals surface area contributed by atoms with E-state index in [2.05, 4.69) is 11.2 Å². The average Bonchev–Trinajstić information content (AvgIpc) is 3.22. The summed E-state index contributed by atoms with van der Waals surface area (Å²) in [4.78, 5) is 4.40. The van der Waals surface area contributed by atoms with Gasteiger partial charge < -0.3 is 5.73 Å². The highest BCUT2D eigenvalue weighted by Gasteiger charge is 2.31. The molecule has 0 radical (unpaired) electrons. The molecule has 4 nitrogen and oxygen atoms in total. The van der Waals surface area contributed by atoms with Crippen LogP contribution in [0.25, 0.3) is 11.3 Å². The Labute approximate surface area is 129 Å². The van der Waals surface area contributed by atoms with Crippen LogP contribution in [0.15, 0.2) is 18.3 Å².